The van der Waals surface area contributed by atoms with Crippen LogP contribution in [0.1, 0.15) is 22.0 Å². The zero-order valence-electron chi connectivity index (χ0n) is 14.4. The Labute approximate surface area is 145 Å². The Balaban J connectivity index is 1.56. The minimum absolute atomic E-state index is 0.128. The average Bonchev–Trinajstić information content (AvgIpc) is 3.09. The van der Waals surface area contributed by atoms with E-state index in [0.717, 1.165) is 33.7 Å². The number of carbonyl (C=O) groups is 1. The summed E-state index contributed by atoms with van der Waals surface area (Å²) in [7, 11) is 3.93. The van der Waals surface area contributed by atoms with Crippen molar-refractivity contribution in [3.05, 3.63) is 59.7 Å². The van der Waals surface area contributed by atoms with Gasteiger partial charge in [-0.2, -0.15) is 0 Å². The number of rotatable bonds is 3. The Hall–Kier alpha value is -3.15. The molecule has 0 atom stereocenters. The second-order valence-electron chi connectivity index (χ2n) is 6.18. The van der Waals surface area contributed by atoms with E-state index in [1.165, 1.54) is 0 Å². The highest BCUT2D eigenvalue weighted by molar-refractivity contribution is 5.97. The van der Waals surface area contributed by atoms with Crippen molar-refractivity contribution in [1.82, 2.24) is 24.4 Å². The first-order valence-corrected chi connectivity index (χ1v) is 8.16. The van der Waals surface area contributed by atoms with Gasteiger partial charge in [0.1, 0.15) is 11.6 Å². The van der Waals surface area contributed by atoms with Crippen molar-refractivity contribution in [2.24, 2.45) is 14.1 Å². The zero-order chi connectivity index (χ0) is 17.6. The summed E-state index contributed by atoms with van der Waals surface area (Å²) in [5.41, 5.74) is 4.43. The lowest BCUT2D eigenvalue weighted by Crippen LogP contribution is -2.24. The molecule has 0 aliphatic rings. The molecule has 0 unspecified atom stereocenters. The van der Waals surface area contributed by atoms with E-state index in [9.17, 15) is 4.79 Å². The van der Waals surface area contributed by atoms with Crippen LogP contribution >= 0.6 is 0 Å². The summed E-state index contributed by atoms with van der Waals surface area (Å²) in [4.78, 5) is 21.6. The lowest BCUT2D eigenvalue weighted by Gasteiger charge is -2.06. The maximum atomic E-state index is 12.5. The summed E-state index contributed by atoms with van der Waals surface area (Å²) < 4.78 is 4.01. The Kier molecular flexibility index (Phi) is 3.53. The third-order valence-electron chi connectivity index (χ3n) is 4.65. The Morgan fingerprint density at radius 1 is 1.00 bits per heavy atom. The zero-order valence-corrected chi connectivity index (χ0v) is 14.4. The summed E-state index contributed by atoms with van der Waals surface area (Å²) >= 11 is 0. The second-order valence-corrected chi connectivity index (χ2v) is 6.18. The molecule has 6 heteroatoms. The van der Waals surface area contributed by atoms with Gasteiger partial charge in [0.25, 0.3) is 5.91 Å². The molecule has 0 bridgehead atoms. The maximum absolute atomic E-state index is 12.5. The minimum Gasteiger partial charge on any atom is -0.345 e. The van der Waals surface area contributed by atoms with Crippen LogP contribution < -0.4 is 5.32 Å². The number of nitrogens with zero attached hydrogens (tertiary/aromatic N) is 4. The molecule has 25 heavy (non-hydrogen) atoms. The largest absolute Gasteiger partial charge is 0.345 e. The molecule has 0 aliphatic heterocycles. The lowest BCUT2D eigenvalue weighted by molar-refractivity contribution is 0.0949. The van der Waals surface area contributed by atoms with E-state index in [4.69, 9.17) is 0 Å². The Morgan fingerprint density at radius 2 is 1.76 bits per heavy atom. The number of amides is 1. The number of hydrogen-bond donors (Lipinski definition) is 1. The Morgan fingerprint density at radius 3 is 2.56 bits per heavy atom. The molecule has 0 radical (unpaired) electrons. The predicted octanol–water partition coefficient (Wildman–Crippen LogP) is 2.70. The normalized spacial score (nSPS) is 11.3. The standard InChI is InChI=1S/C19H19N5O/c1-12-21-15-10-13(8-9-17(15)23(12)2)19(25)20-11-18-22-14-6-4-5-7-16(14)24(18)3/h4-10H,11H2,1-3H3,(H,20,25). The fourth-order valence-corrected chi connectivity index (χ4v) is 3.08. The number of fused-ring (bicyclic) bond motifs is 2. The number of hydrogen-bond acceptors (Lipinski definition) is 3. The number of para-hydroxylation sites is 2. The number of imidazole rings is 2. The van der Waals surface area contributed by atoms with Gasteiger partial charge >= 0.3 is 0 Å². The first kappa shape index (κ1) is 15.4. The molecule has 2 aromatic carbocycles. The molecule has 2 heterocycles. The number of carbonyl (C=O) groups excluding carboxylic acids is 1. The van der Waals surface area contributed by atoms with E-state index < -0.39 is 0 Å². The summed E-state index contributed by atoms with van der Waals surface area (Å²) in [5, 5.41) is 2.95. The van der Waals surface area contributed by atoms with Crippen molar-refractivity contribution >= 4 is 28.0 Å². The molecule has 0 aliphatic carbocycles. The van der Waals surface area contributed by atoms with Crippen molar-refractivity contribution in [1.29, 1.82) is 0 Å². The molecular formula is C19H19N5O. The van der Waals surface area contributed by atoms with Gasteiger partial charge in [-0.1, -0.05) is 12.1 Å². The fraction of sp³-hybridized carbons (Fsp3) is 0.211. The molecule has 1 N–H and O–H groups in total. The van der Waals surface area contributed by atoms with Crippen LogP contribution in [0, 0.1) is 6.92 Å². The van der Waals surface area contributed by atoms with E-state index in [0.29, 0.717) is 12.1 Å². The summed E-state index contributed by atoms with van der Waals surface area (Å²) in [6.45, 7) is 2.33. The molecule has 4 aromatic rings. The van der Waals surface area contributed by atoms with E-state index in [-0.39, 0.29) is 5.91 Å². The van der Waals surface area contributed by atoms with E-state index in [2.05, 4.69) is 15.3 Å². The van der Waals surface area contributed by atoms with E-state index in [1.54, 1.807) is 0 Å². The third kappa shape index (κ3) is 2.55. The molecule has 4 rings (SSSR count). The molecule has 6 nitrogen and oxygen atoms in total. The number of aryl methyl sites for hydroxylation is 3. The molecule has 1 amide bonds. The van der Waals surface area contributed by atoms with Crippen molar-refractivity contribution in [3.63, 3.8) is 0 Å². The highest BCUT2D eigenvalue weighted by atomic mass is 16.1. The molecule has 0 saturated heterocycles. The molecule has 0 spiro atoms. The minimum atomic E-state index is -0.128. The van der Waals surface area contributed by atoms with Gasteiger partial charge in [0.2, 0.25) is 0 Å². The van der Waals surface area contributed by atoms with Crippen LogP contribution in [0.2, 0.25) is 0 Å². The lowest BCUT2D eigenvalue weighted by atomic mass is 10.2. The fourth-order valence-electron chi connectivity index (χ4n) is 3.08. The van der Waals surface area contributed by atoms with Crippen molar-refractivity contribution in [2.75, 3.05) is 0 Å². The van der Waals surface area contributed by atoms with Crippen LogP contribution in [0.3, 0.4) is 0 Å². The molecule has 0 saturated carbocycles. The van der Waals surface area contributed by atoms with Gasteiger partial charge < -0.3 is 14.5 Å². The van der Waals surface area contributed by atoms with Gasteiger partial charge in [-0.15, -0.1) is 0 Å². The van der Waals surface area contributed by atoms with Crippen LogP contribution in [-0.2, 0) is 20.6 Å². The van der Waals surface area contributed by atoms with Crippen molar-refractivity contribution in [2.45, 2.75) is 13.5 Å². The SMILES string of the molecule is Cc1nc2cc(C(=O)NCc3nc4ccccc4n3C)ccc2n1C. The van der Waals surface area contributed by atoms with Gasteiger partial charge in [-0.25, -0.2) is 9.97 Å². The van der Waals surface area contributed by atoms with Crippen molar-refractivity contribution in [3.8, 4) is 0 Å². The third-order valence-corrected chi connectivity index (χ3v) is 4.65. The van der Waals surface area contributed by atoms with Gasteiger partial charge in [-0.3, -0.25) is 4.79 Å². The topological polar surface area (TPSA) is 64.7 Å². The van der Waals surface area contributed by atoms with Crippen molar-refractivity contribution < 1.29 is 4.79 Å². The first-order valence-electron chi connectivity index (χ1n) is 8.16. The van der Waals surface area contributed by atoms with Gasteiger partial charge in [0, 0.05) is 19.7 Å². The molecule has 2 aromatic heterocycles. The van der Waals surface area contributed by atoms with Crippen LogP contribution in [0.25, 0.3) is 22.1 Å². The monoisotopic (exact) mass is 333 g/mol. The molecule has 126 valence electrons. The van der Waals surface area contributed by atoms with Gasteiger partial charge in [0.05, 0.1) is 28.6 Å². The summed E-state index contributed by atoms with van der Waals surface area (Å²) in [6.07, 6.45) is 0. The highest BCUT2D eigenvalue weighted by Crippen LogP contribution is 2.17. The quantitative estimate of drug-likeness (QED) is 0.627. The van der Waals surface area contributed by atoms with Crippen LogP contribution in [0.5, 0.6) is 0 Å². The number of nitrogens with one attached hydrogen (secondary N) is 1. The number of aromatic nitrogens is 4. The smallest absolute Gasteiger partial charge is 0.251 e. The van der Waals surface area contributed by atoms with Crippen LogP contribution in [0.4, 0.5) is 0 Å². The van der Waals surface area contributed by atoms with Crippen LogP contribution in [-0.4, -0.2) is 25.0 Å². The summed E-state index contributed by atoms with van der Waals surface area (Å²) in [6, 6.07) is 13.5. The highest BCUT2D eigenvalue weighted by Gasteiger charge is 2.12. The first-order chi connectivity index (χ1) is 12.0. The second kappa shape index (κ2) is 5.73. The van der Waals surface area contributed by atoms with E-state index in [1.807, 2.05) is 72.6 Å². The van der Waals surface area contributed by atoms with Gasteiger partial charge in [0.15, 0.2) is 0 Å². The predicted molar refractivity (Wildman–Crippen MR) is 97.3 cm³/mol. The van der Waals surface area contributed by atoms with E-state index >= 15 is 0 Å². The van der Waals surface area contributed by atoms with Gasteiger partial charge in [-0.05, 0) is 37.3 Å². The van der Waals surface area contributed by atoms with Crippen LogP contribution in [0.15, 0.2) is 42.5 Å². The maximum Gasteiger partial charge on any atom is 0.251 e. The average molecular weight is 333 g/mol. The Bertz CT molecular complexity index is 1110. The molecule has 0 fully saturated rings. The number of benzene rings is 2. The molecular weight excluding hydrogens is 314 g/mol. The summed E-state index contributed by atoms with van der Waals surface area (Å²) in [5.74, 6) is 1.62.